The Morgan fingerprint density at radius 2 is 1.85 bits per heavy atom. The summed E-state index contributed by atoms with van der Waals surface area (Å²) < 4.78 is 7.22. The van der Waals surface area contributed by atoms with E-state index < -0.39 is 0 Å². The minimum absolute atomic E-state index is 0.288. The van der Waals surface area contributed by atoms with E-state index in [4.69, 9.17) is 16.3 Å². The Kier molecular flexibility index (Phi) is 5.39. The van der Waals surface area contributed by atoms with Crippen LogP contribution in [0.15, 0.2) is 65.9 Å². The minimum Gasteiger partial charge on any atom is -0.497 e. The van der Waals surface area contributed by atoms with Crippen molar-refractivity contribution in [1.82, 2.24) is 9.99 Å². The van der Waals surface area contributed by atoms with Crippen molar-refractivity contribution >= 4 is 23.7 Å². The van der Waals surface area contributed by atoms with Gasteiger partial charge in [0.1, 0.15) is 5.75 Å². The lowest BCUT2D eigenvalue weighted by Crippen LogP contribution is -2.17. The molecule has 5 nitrogen and oxygen atoms in total. The minimum atomic E-state index is -0.288. The van der Waals surface area contributed by atoms with Gasteiger partial charge >= 0.3 is 0 Å². The van der Waals surface area contributed by atoms with E-state index in [1.807, 2.05) is 48.0 Å². The van der Waals surface area contributed by atoms with Crippen LogP contribution in [0.4, 0.5) is 0 Å². The molecule has 0 unspecified atom stereocenters. The Bertz CT molecular complexity index is 929. The second-order valence-electron chi connectivity index (χ2n) is 5.69. The number of aryl methyl sites for hydroxylation is 1. The van der Waals surface area contributed by atoms with Crippen molar-refractivity contribution in [2.75, 3.05) is 7.11 Å². The van der Waals surface area contributed by atoms with Gasteiger partial charge in [0.15, 0.2) is 0 Å². The molecule has 0 fully saturated rings. The van der Waals surface area contributed by atoms with Crippen LogP contribution in [0.25, 0.3) is 5.69 Å². The molecule has 0 aliphatic carbocycles. The number of hydrazone groups is 1. The van der Waals surface area contributed by atoms with Crippen LogP contribution in [0.3, 0.4) is 0 Å². The van der Waals surface area contributed by atoms with Gasteiger partial charge in [0.25, 0.3) is 5.91 Å². The Hall–Kier alpha value is -3.05. The lowest BCUT2D eigenvalue weighted by atomic mass is 10.2. The van der Waals surface area contributed by atoms with E-state index in [0.29, 0.717) is 10.6 Å². The summed E-state index contributed by atoms with van der Waals surface area (Å²) in [6, 6.07) is 16.4. The number of carbonyl (C=O) groups excluding carboxylic acids is 1. The zero-order chi connectivity index (χ0) is 18.5. The first-order chi connectivity index (χ1) is 12.6. The molecule has 132 valence electrons. The lowest BCUT2D eigenvalue weighted by Gasteiger charge is -2.06. The molecule has 0 radical (unpaired) electrons. The van der Waals surface area contributed by atoms with Crippen LogP contribution >= 0.6 is 11.6 Å². The molecular weight excluding hydrogens is 350 g/mol. The monoisotopic (exact) mass is 367 g/mol. The molecule has 2 aromatic carbocycles. The third-order valence-electron chi connectivity index (χ3n) is 3.87. The second kappa shape index (κ2) is 7.89. The van der Waals surface area contributed by atoms with Gasteiger partial charge < -0.3 is 9.30 Å². The Morgan fingerprint density at radius 1 is 1.15 bits per heavy atom. The molecule has 6 heteroatoms. The average Bonchev–Trinajstić information content (AvgIpc) is 3.03. The van der Waals surface area contributed by atoms with Crippen molar-refractivity contribution < 1.29 is 9.53 Å². The first kappa shape index (κ1) is 17.8. The van der Waals surface area contributed by atoms with Crippen LogP contribution in [0, 0.1) is 6.92 Å². The van der Waals surface area contributed by atoms with Crippen LogP contribution in [0.5, 0.6) is 5.75 Å². The number of ether oxygens (including phenoxy) is 1. The summed E-state index contributed by atoms with van der Waals surface area (Å²) in [5.74, 6) is 0.523. The Labute approximate surface area is 156 Å². The van der Waals surface area contributed by atoms with E-state index in [1.54, 1.807) is 37.6 Å². The fourth-order valence-electron chi connectivity index (χ4n) is 2.52. The number of nitrogens with one attached hydrogen (secondary N) is 1. The molecule has 1 aromatic heterocycles. The van der Waals surface area contributed by atoms with E-state index in [-0.39, 0.29) is 5.91 Å². The van der Waals surface area contributed by atoms with Gasteiger partial charge in [-0.2, -0.15) is 5.10 Å². The molecule has 26 heavy (non-hydrogen) atoms. The van der Waals surface area contributed by atoms with Gasteiger partial charge in [-0.05, 0) is 61.5 Å². The summed E-state index contributed by atoms with van der Waals surface area (Å²) in [7, 11) is 1.64. The molecule has 3 rings (SSSR count). The molecule has 0 spiro atoms. The van der Waals surface area contributed by atoms with Crippen molar-refractivity contribution in [3.05, 3.63) is 82.6 Å². The summed E-state index contributed by atoms with van der Waals surface area (Å²) in [6.45, 7) is 2.01. The molecule has 0 saturated carbocycles. The fraction of sp³-hybridized carbons (Fsp3) is 0.100. The normalized spacial score (nSPS) is 10.9. The number of aromatic nitrogens is 1. The maximum atomic E-state index is 12.0. The van der Waals surface area contributed by atoms with Crippen LogP contribution in [0.1, 0.15) is 21.6 Å². The number of benzene rings is 2. The number of halogens is 1. The Balaban J connectivity index is 1.69. The van der Waals surface area contributed by atoms with Crippen molar-refractivity contribution in [3.63, 3.8) is 0 Å². The topological polar surface area (TPSA) is 55.6 Å². The van der Waals surface area contributed by atoms with Crippen molar-refractivity contribution in [2.24, 2.45) is 5.10 Å². The third-order valence-corrected chi connectivity index (χ3v) is 4.12. The third kappa shape index (κ3) is 4.13. The quantitative estimate of drug-likeness (QED) is 0.542. The highest BCUT2D eigenvalue weighted by Gasteiger charge is 2.05. The molecule has 0 saturated heterocycles. The number of rotatable bonds is 5. The molecule has 1 N–H and O–H groups in total. The van der Waals surface area contributed by atoms with Gasteiger partial charge in [-0.25, -0.2) is 5.43 Å². The first-order valence-corrected chi connectivity index (χ1v) is 8.37. The molecule has 1 amide bonds. The summed E-state index contributed by atoms with van der Waals surface area (Å²) in [5.41, 5.74) is 5.97. The van der Waals surface area contributed by atoms with Gasteiger partial charge in [-0.1, -0.05) is 11.6 Å². The molecule has 3 aromatic rings. The fourth-order valence-corrected chi connectivity index (χ4v) is 2.65. The van der Waals surface area contributed by atoms with E-state index >= 15 is 0 Å². The van der Waals surface area contributed by atoms with Crippen LogP contribution < -0.4 is 10.2 Å². The Morgan fingerprint density at radius 3 is 2.50 bits per heavy atom. The van der Waals surface area contributed by atoms with Crippen LogP contribution in [-0.4, -0.2) is 23.8 Å². The highest BCUT2D eigenvalue weighted by Crippen LogP contribution is 2.18. The standard InChI is InChI=1S/C20H18ClN3O2/c1-14-11-15(13-24(14)18-7-9-19(26-2)10-8-18)12-22-23-20(25)16-3-5-17(21)6-4-16/h3-13H,1-2H3,(H,23,25)/b22-12-. The average molecular weight is 368 g/mol. The van der Waals surface area contributed by atoms with Gasteiger partial charge in [0.2, 0.25) is 0 Å². The molecule has 0 aliphatic rings. The maximum absolute atomic E-state index is 12.0. The summed E-state index contributed by atoms with van der Waals surface area (Å²) >= 11 is 5.81. The van der Waals surface area contributed by atoms with Crippen molar-refractivity contribution in [1.29, 1.82) is 0 Å². The van der Waals surface area contributed by atoms with Crippen molar-refractivity contribution in [2.45, 2.75) is 6.92 Å². The molecule has 0 atom stereocenters. The predicted octanol–water partition coefficient (Wildman–Crippen LogP) is 4.21. The largest absolute Gasteiger partial charge is 0.497 e. The molecule has 1 heterocycles. The molecular formula is C20H18ClN3O2. The molecule has 0 aliphatic heterocycles. The predicted molar refractivity (Wildman–Crippen MR) is 104 cm³/mol. The lowest BCUT2D eigenvalue weighted by molar-refractivity contribution is 0.0955. The zero-order valence-corrected chi connectivity index (χ0v) is 15.2. The maximum Gasteiger partial charge on any atom is 0.271 e. The number of amides is 1. The summed E-state index contributed by atoms with van der Waals surface area (Å²) in [5, 5.41) is 4.61. The highest BCUT2D eigenvalue weighted by molar-refractivity contribution is 6.30. The second-order valence-corrected chi connectivity index (χ2v) is 6.13. The van der Waals surface area contributed by atoms with E-state index in [2.05, 4.69) is 10.5 Å². The highest BCUT2D eigenvalue weighted by atomic mass is 35.5. The number of hydrogen-bond donors (Lipinski definition) is 1. The van der Waals surface area contributed by atoms with Gasteiger partial charge in [0.05, 0.1) is 13.3 Å². The number of carbonyl (C=O) groups is 1. The number of methoxy groups -OCH3 is 1. The smallest absolute Gasteiger partial charge is 0.271 e. The van der Waals surface area contributed by atoms with Gasteiger partial charge in [-0.3, -0.25) is 4.79 Å². The number of hydrogen-bond acceptors (Lipinski definition) is 3. The van der Waals surface area contributed by atoms with Gasteiger partial charge in [0, 0.05) is 33.7 Å². The van der Waals surface area contributed by atoms with Crippen molar-refractivity contribution in [3.8, 4) is 11.4 Å². The van der Waals surface area contributed by atoms with Crippen LogP contribution in [0.2, 0.25) is 5.02 Å². The summed E-state index contributed by atoms with van der Waals surface area (Å²) in [4.78, 5) is 12.0. The van der Waals surface area contributed by atoms with E-state index in [0.717, 1.165) is 22.7 Å². The van der Waals surface area contributed by atoms with Crippen LogP contribution in [-0.2, 0) is 0 Å². The van der Waals surface area contributed by atoms with E-state index in [9.17, 15) is 4.79 Å². The van der Waals surface area contributed by atoms with E-state index in [1.165, 1.54) is 0 Å². The van der Waals surface area contributed by atoms with Gasteiger partial charge in [-0.15, -0.1) is 0 Å². The SMILES string of the molecule is COc1ccc(-n2cc(/C=N\NC(=O)c3ccc(Cl)cc3)cc2C)cc1. The summed E-state index contributed by atoms with van der Waals surface area (Å²) in [6.07, 6.45) is 3.57. The zero-order valence-electron chi connectivity index (χ0n) is 14.4. The molecule has 0 bridgehead atoms. The first-order valence-electron chi connectivity index (χ1n) is 7.99. The number of nitrogens with zero attached hydrogens (tertiary/aromatic N) is 2.